The Morgan fingerprint density at radius 2 is 2.12 bits per heavy atom. The van der Waals surface area contributed by atoms with E-state index in [1.54, 1.807) is 6.07 Å². The van der Waals surface area contributed by atoms with E-state index in [0.717, 1.165) is 16.6 Å². The molecule has 0 spiro atoms. The van der Waals surface area contributed by atoms with Crippen molar-refractivity contribution in [3.63, 3.8) is 0 Å². The van der Waals surface area contributed by atoms with Crippen LogP contribution in [0.4, 0.5) is 5.69 Å². The fourth-order valence-electron chi connectivity index (χ4n) is 1.51. The zero-order chi connectivity index (χ0) is 11.5. The minimum Gasteiger partial charge on any atom is -0.258 e. The molecule has 0 amide bonds. The SMILES string of the molecule is C/C=C/c1ccc2cc([N+](=O)[O-])ccc2n1. The van der Waals surface area contributed by atoms with Crippen molar-refractivity contribution >= 4 is 22.7 Å². The fourth-order valence-corrected chi connectivity index (χ4v) is 1.51. The third kappa shape index (κ3) is 1.91. The van der Waals surface area contributed by atoms with Gasteiger partial charge in [-0.25, -0.2) is 4.98 Å². The van der Waals surface area contributed by atoms with Gasteiger partial charge in [-0.05, 0) is 25.1 Å². The quantitative estimate of drug-likeness (QED) is 0.569. The van der Waals surface area contributed by atoms with E-state index in [9.17, 15) is 10.1 Å². The van der Waals surface area contributed by atoms with Crippen LogP contribution < -0.4 is 0 Å². The van der Waals surface area contributed by atoms with Crippen molar-refractivity contribution < 1.29 is 4.92 Å². The Hall–Kier alpha value is -2.23. The third-order valence-corrected chi connectivity index (χ3v) is 2.24. The monoisotopic (exact) mass is 214 g/mol. The predicted molar refractivity (Wildman–Crippen MR) is 63.1 cm³/mol. The van der Waals surface area contributed by atoms with E-state index < -0.39 is 4.92 Å². The van der Waals surface area contributed by atoms with E-state index in [2.05, 4.69) is 4.98 Å². The van der Waals surface area contributed by atoms with Crippen molar-refractivity contribution in [2.45, 2.75) is 6.92 Å². The molecule has 80 valence electrons. The molecule has 1 aromatic carbocycles. The highest BCUT2D eigenvalue weighted by atomic mass is 16.6. The molecule has 0 saturated heterocycles. The Labute approximate surface area is 92.4 Å². The van der Waals surface area contributed by atoms with Gasteiger partial charge in [0.1, 0.15) is 0 Å². The number of non-ortho nitro benzene ring substituents is 1. The van der Waals surface area contributed by atoms with Crippen LogP contribution in [0.2, 0.25) is 0 Å². The van der Waals surface area contributed by atoms with Crippen LogP contribution in [0.25, 0.3) is 17.0 Å². The van der Waals surface area contributed by atoms with Gasteiger partial charge in [0.2, 0.25) is 0 Å². The molecule has 0 aliphatic carbocycles. The highest BCUT2D eigenvalue weighted by molar-refractivity contribution is 5.82. The zero-order valence-corrected chi connectivity index (χ0v) is 8.75. The van der Waals surface area contributed by atoms with E-state index in [0.29, 0.717) is 0 Å². The number of hydrogen-bond donors (Lipinski definition) is 0. The minimum absolute atomic E-state index is 0.0908. The second-order valence-corrected chi connectivity index (χ2v) is 3.37. The summed E-state index contributed by atoms with van der Waals surface area (Å²) in [6.45, 7) is 1.92. The maximum atomic E-state index is 10.6. The first kappa shape index (κ1) is 10.3. The van der Waals surface area contributed by atoms with Crippen molar-refractivity contribution in [3.05, 3.63) is 52.2 Å². The van der Waals surface area contributed by atoms with Crippen molar-refractivity contribution in [1.82, 2.24) is 4.98 Å². The number of pyridine rings is 1. The van der Waals surface area contributed by atoms with Crippen molar-refractivity contribution in [1.29, 1.82) is 0 Å². The van der Waals surface area contributed by atoms with Gasteiger partial charge in [-0.1, -0.05) is 12.1 Å². The number of rotatable bonds is 2. The lowest BCUT2D eigenvalue weighted by Crippen LogP contribution is -1.89. The summed E-state index contributed by atoms with van der Waals surface area (Å²) < 4.78 is 0. The summed E-state index contributed by atoms with van der Waals surface area (Å²) in [6, 6.07) is 8.34. The van der Waals surface area contributed by atoms with Crippen LogP contribution in [0.15, 0.2) is 36.4 Å². The van der Waals surface area contributed by atoms with Gasteiger partial charge in [-0.15, -0.1) is 0 Å². The van der Waals surface area contributed by atoms with Crippen molar-refractivity contribution in [2.24, 2.45) is 0 Å². The summed E-state index contributed by atoms with van der Waals surface area (Å²) in [5.74, 6) is 0. The summed E-state index contributed by atoms with van der Waals surface area (Å²) in [7, 11) is 0. The fraction of sp³-hybridized carbons (Fsp3) is 0.0833. The van der Waals surface area contributed by atoms with E-state index in [1.807, 2.05) is 31.2 Å². The zero-order valence-electron chi connectivity index (χ0n) is 8.75. The van der Waals surface area contributed by atoms with Crippen LogP contribution in [0.3, 0.4) is 0 Å². The highest BCUT2D eigenvalue weighted by Crippen LogP contribution is 2.19. The Bertz CT molecular complexity index is 576. The lowest BCUT2D eigenvalue weighted by Gasteiger charge is -1.98. The van der Waals surface area contributed by atoms with Crippen LogP contribution in [0, 0.1) is 10.1 Å². The molecule has 0 aliphatic heterocycles. The summed E-state index contributed by atoms with van der Waals surface area (Å²) in [4.78, 5) is 14.5. The van der Waals surface area contributed by atoms with Gasteiger partial charge in [0.25, 0.3) is 5.69 Å². The Morgan fingerprint density at radius 3 is 2.81 bits per heavy atom. The second kappa shape index (κ2) is 4.10. The maximum absolute atomic E-state index is 10.6. The smallest absolute Gasteiger partial charge is 0.258 e. The number of nitro groups is 1. The summed E-state index contributed by atoms with van der Waals surface area (Å²) >= 11 is 0. The minimum atomic E-state index is -0.403. The van der Waals surface area contributed by atoms with E-state index in [1.165, 1.54) is 12.1 Å². The molecule has 1 aromatic heterocycles. The van der Waals surface area contributed by atoms with Gasteiger partial charge < -0.3 is 0 Å². The van der Waals surface area contributed by atoms with Gasteiger partial charge in [-0.2, -0.15) is 0 Å². The average molecular weight is 214 g/mol. The maximum Gasteiger partial charge on any atom is 0.270 e. The third-order valence-electron chi connectivity index (χ3n) is 2.24. The van der Waals surface area contributed by atoms with E-state index >= 15 is 0 Å². The van der Waals surface area contributed by atoms with Gasteiger partial charge in [-0.3, -0.25) is 10.1 Å². The number of aromatic nitrogens is 1. The Kier molecular flexibility index (Phi) is 2.64. The molecule has 2 aromatic rings. The molecule has 1 heterocycles. The van der Waals surface area contributed by atoms with Crippen LogP contribution in [-0.2, 0) is 0 Å². The topological polar surface area (TPSA) is 56.0 Å². The summed E-state index contributed by atoms with van der Waals surface area (Å²) in [6.07, 6.45) is 3.79. The second-order valence-electron chi connectivity index (χ2n) is 3.37. The molecule has 0 radical (unpaired) electrons. The van der Waals surface area contributed by atoms with Crippen LogP contribution in [-0.4, -0.2) is 9.91 Å². The summed E-state index contributed by atoms with van der Waals surface area (Å²) in [5.41, 5.74) is 1.71. The number of nitro benzene ring substituents is 1. The lowest BCUT2D eigenvalue weighted by atomic mass is 10.2. The first-order chi connectivity index (χ1) is 7.70. The molecule has 0 aliphatic rings. The first-order valence-corrected chi connectivity index (χ1v) is 4.88. The van der Waals surface area contributed by atoms with Crippen LogP contribution >= 0.6 is 0 Å². The van der Waals surface area contributed by atoms with Crippen LogP contribution in [0.5, 0.6) is 0 Å². The number of nitrogens with zero attached hydrogens (tertiary/aromatic N) is 2. The largest absolute Gasteiger partial charge is 0.270 e. The molecule has 2 rings (SSSR count). The number of allylic oxidation sites excluding steroid dienone is 1. The molecule has 0 saturated carbocycles. The molecule has 0 fully saturated rings. The normalized spacial score (nSPS) is 11.1. The summed E-state index contributed by atoms with van der Waals surface area (Å²) in [5, 5.41) is 11.4. The van der Waals surface area contributed by atoms with Crippen molar-refractivity contribution in [2.75, 3.05) is 0 Å². The Balaban J connectivity index is 2.56. The standard InChI is InChI=1S/C12H10N2O2/c1-2-3-10-5-4-9-8-11(14(15)16)6-7-12(9)13-10/h2-8H,1H3/b3-2+. The van der Waals surface area contributed by atoms with E-state index in [-0.39, 0.29) is 5.69 Å². The number of hydrogen-bond acceptors (Lipinski definition) is 3. The van der Waals surface area contributed by atoms with Gasteiger partial charge in [0.15, 0.2) is 0 Å². The van der Waals surface area contributed by atoms with Gasteiger partial charge >= 0.3 is 0 Å². The molecular formula is C12H10N2O2. The number of benzene rings is 1. The molecule has 0 bridgehead atoms. The first-order valence-electron chi connectivity index (χ1n) is 4.88. The molecule has 4 heteroatoms. The van der Waals surface area contributed by atoms with Crippen LogP contribution in [0.1, 0.15) is 12.6 Å². The number of fused-ring (bicyclic) bond motifs is 1. The molecule has 0 N–H and O–H groups in total. The highest BCUT2D eigenvalue weighted by Gasteiger charge is 2.06. The average Bonchev–Trinajstić information content (AvgIpc) is 2.28. The molecule has 16 heavy (non-hydrogen) atoms. The Morgan fingerprint density at radius 1 is 1.31 bits per heavy atom. The van der Waals surface area contributed by atoms with Crippen molar-refractivity contribution in [3.8, 4) is 0 Å². The molecule has 0 atom stereocenters. The van der Waals surface area contributed by atoms with E-state index in [4.69, 9.17) is 0 Å². The predicted octanol–water partition coefficient (Wildman–Crippen LogP) is 3.18. The molecule has 0 unspecified atom stereocenters. The van der Waals surface area contributed by atoms with Gasteiger partial charge in [0, 0.05) is 17.5 Å². The lowest BCUT2D eigenvalue weighted by molar-refractivity contribution is -0.384. The molecular weight excluding hydrogens is 204 g/mol. The van der Waals surface area contributed by atoms with Gasteiger partial charge in [0.05, 0.1) is 16.1 Å². The molecule has 4 nitrogen and oxygen atoms in total.